The predicted molar refractivity (Wildman–Crippen MR) is 109 cm³/mol. The fourth-order valence-electron chi connectivity index (χ4n) is 4.13. The number of hydrogen-bond donors (Lipinski definition) is 1. The molecule has 0 bridgehead atoms. The van der Waals surface area contributed by atoms with Crippen LogP contribution in [0.5, 0.6) is 0 Å². The fraction of sp³-hybridized carbons (Fsp3) is 0.409. The van der Waals surface area contributed by atoms with E-state index in [1.807, 2.05) is 6.07 Å². The second-order valence-corrected chi connectivity index (χ2v) is 7.47. The number of halogens is 2. The van der Waals surface area contributed by atoms with Crippen LogP contribution >= 0.6 is 0 Å². The van der Waals surface area contributed by atoms with E-state index in [-0.39, 0.29) is 24.3 Å². The highest BCUT2D eigenvalue weighted by atomic mass is 19.1. The standard InChI is InChI=1S/C22H26F2N4O/c1-25-22(26-12-17-11-18(23)7-8-19(17)24)28-14-20-21(15-28)29-10-9-27(20)13-16-5-3-2-4-6-16/h2-8,11,20-21H,9-10,12-15H2,1H3,(H,25,26). The number of ether oxygens (including phenoxy) is 1. The van der Waals surface area contributed by atoms with Crippen molar-refractivity contribution in [1.82, 2.24) is 15.1 Å². The minimum absolute atomic E-state index is 0.108. The van der Waals surface area contributed by atoms with E-state index in [4.69, 9.17) is 4.74 Å². The summed E-state index contributed by atoms with van der Waals surface area (Å²) in [4.78, 5) is 8.94. The Kier molecular flexibility index (Phi) is 6.06. The van der Waals surface area contributed by atoms with E-state index >= 15 is 0 Å². The third kappa shape index (κ3) is 4.57. The number of aliphatic imine (C=N–C) groups is 1. The number of benzene rings is 2. The molecule has 1 N–H and O–H groups in total. The quantitative estimate of drug-likeness (QED) is 0.633. The Morgan fingerprint density at radius 2 is 2.00 bits per heavy atom. The van der Waals surface area contributed by atoms with Crippen LogP contribution in [0.4, 0.5) is 8.78 Å². The van der Waals surface area contributed by atoms with Gasteiger partial charge < -0.3 is 15.0 Å². The van der Waals surface area contributed by atoms with E-state index < -0.39 is 11.6 Å². The Balaban J connectivity index is 1.40. The van der Waals surface area contributed by atoms with E-state index in [1.54, 1.807) is 7.05 Å². The molecule has 0 saturated carbocycles. The normalized spacial score (nSPS) is 22.6. The van der Waals surface area contributed by atoms with Crippen molar-refractivity contribution in [2.75, 3.05) is 33.3 Å². The van der Waals surface area contributed by atoms with Crippen LogP contribution in [0.3, 0.4) is 0 Å². The summed E-state index contributed by atoms with van der Waals surface area (Å²) in [5, 5.41) is 3.17. The summed E-state index contributed by atoms with van der Waals surface area (Å²) in [7, 11) is 1.70. The Hall–Kier alpha value is -2.51. The molecular formula is C22H26F2N4O. The van der Waals surface area contributed by atoms with E-state index in [0.29, 0.717) is 12.6 Å². The Morgan fingerprint density at radius 3 is 2.79 bits per heavy atom. The molecule has 2 aliphatic heterocycles. The van der Waals surface area contributed by atoms with E-state index in [1.165, 1.54) is 11.6 Å². The fourth-order valence-corrected chi connectivity index (χ4v) is 4.13. The van der Waals surface area contributed by atoms with Crippen molar-refractivity contribution in [2.45, 2.75) is 25.2 Å². The largest absolute Gasteiger partial charge is 0.373 e. The molecule has 0 spiro atoms. The molecule has 2 atom stereocenters. The summed E-state index contributed by atoms with van der Waals surface area (Å²) in [6, 6.07) is 14.2. The smallest absolute Gasteiger partial charge is 0.194 e. The van der Waals surface area contributed by atoms with Crippen molar-refractivity contribution in [3.63, 3.8) is 0 Å². The summed E-state index contributed by atoms with van der Waals surface area (Å²) >= 11 is 0. The molecule has 2 heterocycles. The van der Waals surface area contributed by atoms with Crippen molar-refractivity contribution in [2.24, 2.45) is 4.99 Å². The van der Waals surface area contributed by atoms with Crippen LogP contribution in [-0.4, -0.2) is 61.2 Å². The number of nitrogens with zero attached hydrogens (tertiary/aromatic N) is 3. The maximum Gasteiger partial charge on any atom is 0.194 e. The molecular weight excluding hydrogens is 374 g/mol. The molecule has 2 aromatic rings. The Morgan fingerprint density at radius 1 is 1.17 bits per heavy atom. The molecule has 2 fully saturated rings. The van der Waals surface area contributed by atoms with Crippen molar-refractivity contribution in [3.8, 4) is 0 Å². The van der Waals surface area contributed by atoms with E-state index in [9.17, 15) is 8.78 Å². The Labute approximate surface area is 170 Å². The molecule has 5 nitrogen and oxygen atoms in total. The molecule has 4 rings (SSSR count). The monoisotopic (exact) mass is 400 g/mol. The number of hydrogen-bond acceptors (Lipinski definition) is 3. The SMILES string of the molecule is CN=C(NCc1cc(F)ccc1F)N1CC2OCCN(Cc3ccccc3)C2C1. The van der Waals surface area contributed by atoms with Crippen LogP contribution < -0.4 is 5.32 Å². The van der Waals surface area contributed by atoms with Crippen molar-refractivity contribution in [1.29, 1.82) is 0 Å². The summed E-state index contributed by atoms with van der Waals surface area (Å²) in [6.45, 7) is 4.17. The first kappa shape index (κ1) is 19.8. The number of guanidine groups is 1. The van der Waals surface area contributed by atoms with Gasteiger partial charge in [0.15, 0.2) is 5.96 Å². The van der Waals surface area contributed by atoms with Gasteiger partial charge in [0, 0.05) is 45.3 Å². The number of fused-ring (bicyclic) bond motifs is 1. The molecule has 2 aliphatic rings. The third-order valence-corrected chi connectivity index (χ3v) is 5.60. The molecule has 29 heavy (non-hydrogen) atoms. The number of nitrogens with one attached hydrogen (secondary N) is 1. The van der Waals surface area contributed by atoms with Crippen LogP contribution in [0.15, 0.2) is 53.5 Å². The first-order valence-corrected chi connectivity index (χ1v) is 9.93. The lowest BCUT2D eigenvalue weighted by atomic mass is 10.1. The minimum Gasteiger partial charge on any atom is -0.373 e. The van der Waals surface area contributed by atoms with Gasteiger partial charge >= 0.3 is 0 Å². The van der Waals surface area contributed by atoms with Gasteiger partial charge in [-0.25, -0.2) is 8.78 Å². The van der Waals surface area contributed by atoms with Gasteiger partial charge in [0.2, 0.25) is 0 Å². The maximum absolute atomic E-state index is 13.9. The van der Waals surface area contributed by atoms with Crippen LogP contribution in [-0.2, 0) is 17.8 Å². The molecule has 2 saturated heterocycles. The van der Waals surface area contributed by atoms with Gasteiger partial charge in [-0.1, -0.05) is 30.3 Å². The lowest BCUT2D eigenvalue weighted by Crippen LogP contribution is -2.50. The van der Waals surface area contributed by atoms with Gasteiger partial charge in [-0.05, 0) is 23.8 Å². The van der Waals surface area contributed by atoms with E-state index in [0.717, 1.165) is 38.3 Å². The highest BCUT2D eigenvalue weighted by Gasteiger charge is 2.41. The molecule has 0 amide bonds. The zero-order valence-corrected chi connectivity index (χ0v) is 16.5. The molecule has 2 aromatic carbocycles. The first-order chi connectivity index (χ1) is 14.1. The molecule has 0 radical (unpaired) electrons. The summed E-state index contributed by atoms with van der Waals surface area (Å²) in [6.07, 6.45) is 0.108. The molecule has 0 aliphatic carbocycles. The van der Waals surface area contributed by atoms with Crippen LogP contribution in [0, 0.1) is 11.6 Å². The zero-order valence-electron chi connectivity index (χ0n) is 16.5. The number of likely N-dealkylation sites (tertiary alicyclic amines) is 1. The summed E-state index contributed by atoms with van der Waals surface area (Å²) in [5.74, 6) is -0.205. The molecule has 0 aromatic heterocycles. The van der Waals surface area contributed by atoms with Crippen molar-refractivity contribution < 1.29 is 13.5 Å². The molecule has 2 unspecified atom stereocenters. The summed E-state index contributed by atoms with van der Waals surface area (Å²) in [5.41, 5.74) is 1.57. The minimum atomic E-state index is -0.449. The third-order valence-electron chi connectivity index (χ3n) is 5.60. The second-order valence-electron chi connectivity index (χ2n) is 7.47. The second kappa shape index (κ2) is 8.88. The maximum atomic E-state index is 13.9. The van der Waals surface area contributed by atoms with Gasteiger partial charge in [-0.2, -0.15) is 0 Å². The van der Waals surface area contributed by atoms with Gasteiger partial charge in [-0.15, -0.1) is 0 Å². The van der Waals surface area contributed by atoms with Crippen molar-refractivity contribution >= 4 is 5.96 Å². The van der Waals surface area contributed by atoms with Gasteiger partial charge in [0.1, 0.15) is 11.6 Å². The summed E-state index contributed by atoms with van der Waals surface area (Å²) < 4.78 is 33.4. The number of morpholine rings is 1. The van der Waals surface area contributed by atoms with Gasteiger partial charge in [0.05, 0.1) is 18.8 Å². The van der Waals surface area contributed by atoms with Gasteiger partial charge in [0.25, 0.3) is 0 Å². The molecule has 154 valence electrons. The lowest BCUT2D eigenvalue weighted by Gasteiger charge is -2.36. The topological polar surface area (TPSA) is 40.1 Å². The van der Waals surface area contributed by atoms with Crippen LogP contribution in [0.1, 0.15) is 11.1 Å². The van der Waals surface area contributed by atoms with Crippen LogP contribution in [0.2, 0.25) is 0 Å². The van der Waals surface area contributed by atoms with E-state index in [2.05, 4.69) is 44.4 Å². The highest BCUT2D eigenvalue weighted by molar-refractivity contribution is 5.80. The van der Waals surface area contributed by atoms with Crippen LogP contribution in [0.25, 0.3) is 0 Å². The predicted octanol–water partition coefficient (Wildman–Crippen LogP) is 2.63. The molecule has 7 heteroatoms. The average molecular weight is 400 g/mol. The first-order valence-electron chi connectivity index (χ1n) is 9.93. The number of rotatable bonds is 4. The Bertz CT molecular complexity index is 861. The lowest BCUT2D eigenvalue weighted by molar-refractivity contribution is -0.0502. The van der Waals surface area contributed by atoms with Gasteiger partial charge in [-0.3, -0.25) is 9.89 Å². The zero-order chi connectivity index (χ0) is 20.2. The highest BCUT2D eigenvalue weighted by Crippen LogP contribution is 2.24. The van der Waals surface area contributed by atoms with Crippen molar-refractivity contribution in [3.05, 3.63) is 71.3 Å². The average Bonchev–Trinajstić information content (AvgIpc) is 3.17.